The Morgan fingerprint density at radius 2 is 2.44 bits per heavy atom. The Morgan fingerprint density at radius 3 is 3.12 bits per heavy atom. The summed E-state index contributed by atoms with van der Waals surface area (Å²) in [6, 6.07) is 2.01. The van der Waals surface area contributed by atoms with Crippen LogP contribution in [0.5, 0.6) is 0 Å². The van der Waals surface area contributed by atoms with Crippen LogP contribution in [0, 0.1) is 5.92 Å². The lowest BCUT2D eigenvalue weighted by Crippen LogP contribution is -2.08. The van der Waals surface area contributed by atoms with E-state index in [1.54, 1.807) is 11.3 Å². The zero-order valence-electron chi connectivity index (χ0n) is 9.01. The van der Waals surface area contributed by atoms with Crippen molar-refractivity contribution in [1.29, 1.82) is 0 Å². The van der Waals surface area contributed by atoms with Gasteiger partial charge in [0.25, 0.3) is 0 Å². The summed E-state index contributed by atoms with van der Waals surface area (Å²) in [7, 11) is 0. The van der Waals surface area contributed by atoms with E-state index in [1.165, 1.54) is 0 Å². The van der Waals surface area contributed by atoms with Crippen molar-refractivity contribution in [2.75, 3.05) is 13.1 Å². The van der Waals surface area contributed by atoms with Gasteiger partial charge in [0, 0.05) is 17.5 Å². The molecule has 3 heterocycles. The molecule has 2 unspecified atom stereocenters. The fourth-order valence-corrected chi connectivity index (χ4v) is 2.67. The lowest BCUT2D eigenvalue weighted by molar-refractivity contribution is 0.340. The van der Waals surface area contributed by atoms with E-state index in [1.807, 2.05) is 16.8 Å². The summed E-state index contributed by atoms with van der Waals surface area (Å²) in [4.78, 5) is 4.47. The smallest absolute Gasteiger partial charge is 0.231 e. The minimum Gasteiger partial charge on any atom is -0.339 e. The number of nitrogens with one attached hydrogen (secondary N) is 1. The molecule has 4 nitrogen and oxygen atoms in total. The van der Waals surface area contributed by atoms with Crippen LogP contribution in [0.4, 0.5) is 0 Å². The minimum atomic E-state index is 0.361. The van der Waals surface area contributed by atoms with E-state index >= 15 is 0 Å². The Bertz CT molecular complexity index is 465. The highest BCUT2D eigenvalue weighted by atomic mass is 32.1. The van der Waals surface area contributed by atoms with E-state index in [9.17, 15) is 0 Å². The Balaban J connectivity index is 1.88. The molecule has 2 aromatic heterocycles. The second-order valence-corrected chi connectivity index (χ2v) is 4.99. The van der Waals surface area contributed by atoms with Crippen LogP contribution in [0.3, 0.4) is 0 Å². The summed E-state index contributed by atoms with van der Waals surface area (Å²) in [5.74, 6) is 2.39. The van der Waals surface area contributed by atoms with Crippen molar-refractivity contribution in [2.45, 2.75) is 12.8 Å². The predicted molar refractivity (Wildman–Crippen MR) is 62.4 cm³/mol. The molecule has 1 saturated heterocycles. The number of thiophene rings is 1. The molecule has 1 N–H and O–H groups in total. The largest absolute Gasteiger partial charge is 0.339 e. The average Bonchev–Trinajstić information content (AvgIpc) is 2.96. The summed E-state index contributed by atoms with van der Waals surface area (Å²) in [5, 5.41) is 11.4. The van der Waals surface area contributed by atoms with E-state index in [0.717, 1.165) is 24.5 Å². The molecule has 16 heavy (non-hydrogen) atoms. The second kappa shape index (κ2) is 3.99. The third kappa shape index (κ3) is 1.66. The number of hydrogen-bond acceptors (Lipinski definition) is 5. The zero-order chi connectivity index (χ0) is 11.0. The molecule has 0 radical (unpaired) electrons. The highest BCUT2D eigenvalue weighted by Crippen LogP contribution is 2.28. The molecule has 0 aliphatic carbocycles. The van der Waals surface area contributed by atoms with Crippen molar-refractivity contribution in [3.8, 4) is 11.4 Å². The van der Waals surface area contributed by atoms with Gasteiger partial charge < -0.3 is 9.84 Å². The molecule has 1 aliphatic heterocycles. The van der Waals surface area contributed by atoms with Crippen LogP contribution in [0.1, 0.15) is 18.7 Å². The quantitative estimate of drug-likeness (QED) is 0.866. The van der Waals surface area contributed by atoms with Gasteiger partial charge in [-0.15, -0.1) is 0 Å². The Hall–Kier alpha value is -1.20. The first-order valence-electron chi connectivity index (χ1n) is 5.41. The summed E-state index contributed by atoms with van der Waals surface area (Å²) < 4.78 is 5.35. The molecule has 0 bridgehead atoms. The Morgan fingerprint density at radius 1 is 1.50 bits per heavy atom. The van der Waals surface area contributed by atoms with Gasteiger partial charge in [0.2, 0.25) is 11.7 Å². The standard InChI is InChI=1S/C11H13N3OS/c1-7-4-12-5-9(7)11-13-10(14-15-11)8-2-3-16-6-8/h2-3,6-7,9,12H,4-5H2,1H3. The van der Waals surface area contributed by atoms with Crippen LogP contribution < -0.4 is 5.32 Å². The van der Waals surface area contributed by atoms with Gasteiger partial charge in [-0.3, -0.25) is 0 Å². The van der Waals surface area contributed by atoms with Gasteiger partial charge in [0.15, 0.2) is 0 Å². The van der Waals surface area contributed by atoms with Gasteiger partial charge in [0.05, 0.1) is 5.92 Å². The molecule has 3 rings (SSSR count). The van der Waals surface area contributed by atoms with Crippen molar-refractivity contribution in [1.82, 2.24) is 15.5 Å². The fraction of sp³-hybridized carbons (Fsp3) is 0.455. The van der Waals surface area contributed by atoms with Crippen LogP contribution in [0.25, 0.3) is 11.4 Å². The van der Waals surface area contributed by atoms with Gasteiger partial charge >= 0.3 is 0 Å². The number of aromatic nitrogens is 2. The molecule has 1 fully saturated rings. The summed E-state index contributed by atoms with van der Waals surface area (Å²) in [6.07, 6.45) is 0. The topological polar surface area (TPSA) is 51.0 Å². The van der Waals surface area contributed by atoms with E-state index < -0.39 is 0 Å². The highest BCUT2D eigenvalue weighted by molar-refractivity contribution is 7.08. The third-order valence-corrected chi connectivity index (χ3v) is 3.74. The maximum atomic E-state index is 5.35. The summed E-state index contributed by atoms with van der Waals surface area (Å²) >= 11 is 1.64. The summed E-state index contributed by atoms with van der Waals surface area (Å²) in [6.45, 7) is 4.17. The number of nitrogens with zero attached hydrogens (tertiary/aromatic N) is 2. The maximum Gasteiger partial charge on any atom is 0.231 e. The lowest BCUT2D eigenvalue weighted by atomic mass is 9.98. The van der Waals surface area contributed by atoms with Crippen molar-refractivity contribution < 1.29 is 4.52 Å². The van der Waals surface area contributed by atoms with Gasteiger partial charge in [-0.25, -0.2) is 0 Å². The third-order valence-electron chi connectivity index (χ3n) is 3.06. The van der Waals surface area contributed by atoms with Crippen LogP contribution in [-0.2, 0) is 0 Å². The van der Waals surface area contributed by atoms with Crippen molar-refractivity contribution in [2.24, 2.45) is 5.92 Å². The minimum absolute atomic E-state index is 0.361. The van der Waals surface area contributed by atoms with Crippen LogP contribution >= 0.6 is 11.3 Å². The Labute approximate surface area is 97.7 Å². The molecule has 0 amide bonds. The fourth-order valence-electron chi connectivity index (χ4n) is 2.04. The van der Waals surface area contributed by atoms with E-state index in [0.29, 0.717) is 17.7 Å². The molecule has 1 aliphatic rings. The Kier molecular flexibility index (Phi) is 2.49. The molecule has 84 valence electrons. The van der Waals surface area contributed by atoms with Crippen LogP contribution in [0.2, 0.25) is 0 Å². The first kappa shape index (κ1) is 9.99. The monoisotopic (exact) mass is 235 g/mol. The second-order valence-electron chi connectivity index (χ2n) is 4.21. The molecule has 5 heteroatoms. The van der Waals surface area contributed by atoms with E-state index in [4.69, 9.17) is 4.52 Å². The molecule has 2 aromatic rings. The van der Waals surface area contributed by atoms with Gasteiger partial charge in [-0.1, -0.05) is 12.1 Å². The normalized spacial score (nSPS) is 25.1. The van der Waals surface area contributed by atoms with Crippen LogP contribution in [0.15, 0.2) is 21.3 Å². The molecule has 0 aromatic carbocycles. The zero-order valence-corrected chi connectivity index (χ0v) is 9.83. The van der Waals surface area contributed by atoms with Crippen molar-refractivity contribution in [3.05, 3.63) is 22.7 Å². The van der Waals surface area contributed by atoms with Gasteiger partial charge in [-0.05, 0) is 23.9 Å². The molecule has 0 saturated carbocycles. The van der Waals surface area contributed by atoms with Crippen molar-refractivity contribution >= 4 is 11.3 Å². The van der Waals surface area contributed by atoms with E-state index in [2.05, 4.69) is 22.4 Å². The van der Waals surface area contributed by atoms with Gasteiger partial charge in [0.1, 0.15) is 0 Å². The highest BCUT2D eigenvalue weighted by Gasteiger charge is 2.29. The molecular weight excluding hydrogens is 222 g/mol. The molecule has 0 spiro atoms. The first-order valence-corrected chi connectivity index (χ1v) is 6.36. The SMILES string of the molecule is CC1CNCC1c1nc(-c2ccsc2)no1. The van der Waals surface area contributed by atoms with Crippen LogP contribution in [-0.4, -0.2) is 23.2 Å². The average molecular weight is 235 g/mol. The predicted octanol–water partition coefficient (Wildman–Crippen LogP) is 2.12. The van der Waals surface area contributed by atoms with Crippen molar-refractivity contribution in [3.63, 3.8) is 0 Å². The summed E-state index contributed by atoms with van der Waals surface area (Å²) in [5.41, 5.74) is 1.04. The maximum absolute atomic E-state index is 5.35. The van der Waals surface area contributed by atoms with Gasteiger partial charge in [-0.2, -0.15) is 16.3 Å². The van der Waals surface area contributed by atoms with E-state index in [-0.39, 0.29) is 0 Å². The molecular formula is C11H13N3OS. The number of rotatable bonds is 2. The first-order chi connectivity index (χ1) is 7.84. The lowest BCUT2D eigenvalue weighted by Gasteiger charge is -2.07. The number of hydrogen-bond donors (Lipinski definition) is 1. The molecule has 2 atom stereocenters.